The van der Waals surface area contributed by atoms with Gasteiger partial charge >= 0.3 is 0 Å². The largest absolute Gasteiger partial charge is 0.394 e. The van der Waals surface area contributed by atoms with E-state index >= 15 is 0 Å². The van der Waals surface area contributed by atoms with Gasteiger partial charge in [0.15, 0.2) is 0 Å². The minimum absolute atomic E-state index is 0.00805. The SMILES string of the molecule is CN(CCOCCO)C(=O)CC(N)CC(C)(C)C. The van der Waals surface area contributed by atoms with E-state index in [1.165, 1.54) is 0 Å². The molecule has 0 fully saturated rings. The summed E-state index contributed by atoms with van der Waals surface area (Å²) in [4.78, 5) is 13.5. The van der Waals surface area contributed by atoms with Crippen molar-refractivity contribution in [1.29, 1.82) is 0 Å². The molecular formula is C13H28N2O3. The van der Waals surface area contributed by atoms with Gasteiger partial charge in [0.05, 0.1) is 19.8 Å². The Labute approximate surface area is 110 Å². The number of aliphatic hydroxyl groups excluding tert-OH is 1. The Morgan fingerprint density at radius 2 is 2.00 bits per heavy atom. The summed E-state index contributed by atoms with van der Waals surface area (Å²) in [5, 5.41) is 8.55. The summed E-state index contributed by atoms with van der Waals surface area (Å²) in [7, 11) is 1.74. The molecule has 0 aromatic heterocycles. The van der Waals surface area contributed by atoms with Crippen molar-refractivity contribution in [2.24, 2.45) is 11.1 Å². The van der Waals surface area contributed by atoms with Crippen LogP contribution in [0.2, 0.25) is 0 Å². The van der Waals surface area contributed by atoms with Gasteiger partial charge in [0, 0.05) is 26.1 Å². The second kappa shape index (κ2) is 8.45. The highest BCUT2D eigenvalue weighted by Gasteiger charge is 2.19. The second-order valence-corrected chi connectivity index (χ2v) is 5.88. The van der Waals surface area contributed by atoms with Crippen LogP contribution in [0.4, 0.5) is 0 Å². The minimum atomic E-state index is -0.0988. The average Bonchev–Trinajstić information content (AvgIpc) is 2.21. The van der Waals surface area contributed by atoms with Gasteiger partial charge in [-0.15, -0.1) is 0 Å². The zero-order valence-electron chi connectivity index (χ0n) is 12.1. The van der Waals surface area contributed by atoms with Crippen molar-refractivity contribution < 1.29 is 14.6 Å². The van der Waals surface area contributed by atoms with E-state index in [0.717, 1.165) is 6.42 Å². The second-order valence-electron chi connectivity index (χ2n) is 5.88. The van der Waals surface area contributed by atoms with Crippen LogP contribution in [0, 0.1) is 5.41 Å². The number of hydrogen-bond donors (Lipinski definition) is 2. The molecule has 0 aliphatic carbocycles. The summed E-state index contributed by atoms with van der Waals surface area (Å²) >= 11 is 0. The Hall–Kier alpha value is -0.650. The van der Waals surface area contributed by atoms with E-state index in [1.807, 2.05) is 0 Å². The number of carbonyl (C=O) groups is 1. The fourth-order valence-corrected chi connectivity index (χ4v) is 1.73. The van der Waals surface area contributed by atoms with Crippen LogP contribution in [-0.4, -0.2) is 55.4 Å². The lowest BCUT2D eigenvalue weighted by molar-refractivity contribution is -0.131. The molecule has 0 spiro atoms. The lowest BCUT2D eigenvalue weighted by Gasteiger charge is -2.24. The van der Waals surface area contributed by atoms with Crippen LogP contribution < -0.4 is 5.73 Å². The molecule has 0 radical (unpaired) electrons. The molecule has 0 aromatic carbocycles. The molecule has 1 atom stereocenters. The third-order valence-corrected chi connectivity index (χ3v) is 2.54. The molecular weight excluding hydrogens is 232 g/mol. The smallest absolute Gasteiger partial charge is 0.223 e. The van der Waals surface area contributed by atoms with Crippen LogP contribution in [0.25, 0.3) is 0 Å². The van der Waals surface area contributed by atoms with Crippen LogP contribution in [0.5, 0.6) is 0 Å². The topological polar surface area (TPSA) is 75.8 Å². The molecule has 0 saturated carbocycles. The van der Waals surface area contributed by atoms with Crippen LogP contribution in [0.1, 0.15) is 33.6 Å². The number of carbonyl (C=O) groups excluding carboxylic acids is 1. The van der Waals surface area contributed by atoms with Gasteiger partial charge in [-0.25, -0.2) is 0 Å². The molecule has 3 N–H and O–H groups in total. The van der Waals surface area contributed by atoms with Crippen molar-refractivity contribution in [3.8, 4) is 0 Å². The average molecular weight is 260 g/mol. The molecule has 0 bridgehead atoms. The molecule has 0 heterocycles. The van der Waals surface area contributed by atoms with E-state index in [4.69, 9.17) is 15.6 Å². The maximum atomic E-state index is 11.8. The van der Waals surface area contributed by atoms with E-state index < -0.39 is 0 Å². The summed E-state index contributed by atoms with van der Waals surface area (Å²) in [5.41, 5.74) is 6.10. The van der Waals surface area contributed by atoms with Crippen molar-refractivity contribution in [2.75, 3.05) is 33.4 Å². The lowest BCUT2D eigenvalue weighted by atomic mass is 9.87. The third-order valence-electron chi connectivity index (χ3n) is 2.54. The number of aliphatic hydroxyl groups is 1. The van der Waals surface area contributed by atoms with Crippen molar-refractivity contribution in [2.45, 2.75) is 39.7 Å². The van der Waals surface area contributed by atoms with Gasteiger partial charge in [0.2, 0.25) is 5.91 Å². The van der Waals surface area contributed by atoms with Gasteiger partial charge in [0.1, 0.15) is 0 Å². The Morgan fingerprint density at radius 1 is 1.39 bits per heavy atom. The molecule has 0 aromatic rings. The maximum Gasteiger partial charge on any atom is 0.223 e. The van der Waals surface area contributed by atoms with E-state index in [2.05, 4.69) is 20.8 Å². The summed E-state index contributed by atoms with van der Waals surface area (Å²) < 4.78 is 5.11. The molecule has 1 unspecified atom stereocenters. The van der Waals surface area contributed by atoms with Gasteiger partial charge in [-0.05, 0) is 11.8 Å². The first-order valence-electron chi connectivity index (χ1n) is 6.44. The predicted molar refractivity (Wildman–Crippen MR) is 72.2 cm³/mol. The number of rotatable bonds is 8. The molecule has 18 heavy (non-hydrogen) atoms. The Bertz CT molecular complexity index is 239. The molecule has 108 valence electrons. The Balaban J connectivity index is 3.86. The number of amides is 1. The molecule has 5 nitrogen and oxygen atoms in total. The Kier molecular flexibility index (Phi) is 8.15. The fourth-order valence-electron chi connectivity index (χ4n) is 1.73. The number of nitrogens with two attached hydrogens (primary N) is 1. The van der Waals surface area contributed by atoms with Gasteiger partial charge in [0.25, 0.3) is 0 Å². The maximum absolute atomic E-state index is 11.8. The number of nitrogens with zero attached hydrogens (tertiary/aromatic N) is 1. The first-order chi connectivity index (χ1) is 8.26. The first-order valence-corrected chi connectivity index (χ1v) is 6.44. The zero-order chi connectivity index (χ0) is 14.2. The van der Waals surface area contributed by atoms with Crippen LogP contribution in [0.15, 0.2) is 0 Å². The van der Waals surface area contributed by atoms with Crippen molar-refractivity contribution in [3.05, 3.63) is 0 Å². The highest BCUT2D eigenvalue weighted by Crippen LogP contribution is 2.21. The van der Waals surface area contributed by atoms with Crippen molar-refractivity contribution in [3.63, 3.8) is 0 Å². The number of likely N-dealkylation sites (N-methyl/N-ethyl adjacent to an activating group) is 1. The highest BCUT2D eigenvalue weighted by atomic mass is 16.5. The third kappa shape index (κ3) is 9.39. The molecule has 0 aliphatic rings. The van der Waals surface area contributed by atoms with Crippen molar-refractivity contribution >= 4 is 5.91 Å². The van der Waals surface area contributed by atoms with E-state index in [-0.39, 0.29) is 24.0 Å². The number of ether oxygens (including phenoxy) is 1. The van der Waals surface area contributed by atoms with E-state index in [9.17, 15) is 4.79 Å². The highest BCUT2D eigenvalue weighted by molar-refractivity contribution is 5.76. The summed E-state index contributed by atoms with van der Waals surface area (Å²) in [6, 6.07) is -0.0988. The van der Waals surface area contributed by atoms with Gasteiger partial charge in [-0.2, -0.15) is 0 Å². The van der Waals surface area contributed by atoms with Crippen LogP contribution in [-0.2, 0) is 9.53 Å². The minimum Gasteiger partial charge on any atom is -0.394 e. The predicted octanol–water partition coefficient (Wildman–Crippen LogP) is 0.607. The van der Waals surface area contributed by atoms with E-state index in [1.54, 1.807) is 11.9 Å². The summed E-state index contributed by atoms with van der Waals surface area (Å²) in [6.45, 7) is 7.63. The van der Waals surface area contributed by atoms with E-state index in [0.29, 0.717) is 26.2 Å². The van der Waals surface area contributed by atoms with Crippen LogP contribution in [0.3, 0.4) is 0 Å². The summed E-state index contributed by atoms with van der Waals surface area (Å²) in [6.07, 6.45) is 1.20. The molecule has 0 saturated heterocycles. The molecule has 5 heteroatoms. The quantitative estimate of drug-likeness (QED) is 0.627. The number of hydrogen-bond acceptors (Lipinski definition) is 4. The Morgan fingerprint density at radius 3 is 2.50 bits per heavy atom. The van der Waals surface area contributed by atoms with Gasteiger partial charge in [-0.1, -0.05) is 20.8 Å². The fraction of sp³-hybridized carbons (Fsp3) is 0.923. The van der Waals surface area contributed by atoms with Crippen molar-refractivity contribution in [1.82, 2.24) is 4.90 Å². The molecule has 1 amide bonds. The first kappa shape index (κ1) is 17.4. The monoisotopic (exact) mass is 260 g/mol. The standard InChI is InChI=1S/C13H28N2O3/c1-13(2,3)10-11(14)9-12(17)15(4)5-7-18-8-6-16/h11,16H,5-10,14H2,1-4H3. The molecule has 0 rings (SSSR count). The zero-order valence-corrected chi connectivity index (χ0v) is 12.1. The van der Waals surface area contributed by atoms with Gasteiger partial charge in [-0.3, -0.25) is 4.79 Å². The molecule has 0 aliphatic heterocycles. The van der Waals surface area contributed by atoms with Gasteiger partial charge < -0.3 is 20.5 Å². The summed E-state index contributed by atoms with van der Waals surface area (Å²) in [5.74, 6) is 0.0411. The normalized spacial score (nSPS) is 13.4. The van der Waals surface area contributed by atoms with Crippen LogP contribution >= 0.6 is 0 Å². The lowest BCUT2D eigenvalue weighted by Crippen LogP contribution is -2.36.